The Morgan fingerprint density at radius 2 is 1.93 bits per heavy atom. The van der Waals surface area contributed by atoms with Crippen molar-refractivity contribution in [3.05, 3.63) is 36.7 Å². The molecule has 9 nitrogen and oxygen atoms in total. The SMILES string of the molecule is CN(CC(=O)OCC(=O)Nc1ccc2c(c1)OC(F)(F)O2)c1ncccn1. The molecule has 1 N–H and O–H groups in total. The smallest absolute Gasteiger partial charge is 0.454 e. The molecular formula is C16H14F2N4O5. The van der Waals surface area contributed by atoms with E-state index < -0.39 is 24.8 Å². The second kappa shape index (κ2) is 7.40. The van der Waals surface area contributed by atoms with Crippen molar-refractivity contribution in [1.82, 2.24) is 9.97 Å². The summed E-state index contributed by atoms with van der Waals surface area (Å²) in [5, 5.41) is 2.40. The highest BCUT2D eigenvalue weighted by Crippen LogP contribution is 2.42. The van der Waals surface area contributed by atoms with Crippen molar-refractivity contribution in [2.24, 2.45) is 0 Å². The Hall–Kier alpha value is -3.50. The van der Waals surface area contributed by atoms with Gasteiger partial charge in [0.1, 0.15) is 6.54 Å². The summed E-state index contributed by atoms with van der Waals surface area (Å²) in [5.74, 6) is -1.33. The van der Waals surface area contributed by atoms with Crippen LogP contribution in [0.3, 0.4) is 0 Å². The number of halogens is 2. The predicted octanol–water partition coefficient (Wildman–Crippen LogP) is 1.42. The van der Waals surface area contributed by atoms with Crippen molar-refractivity contribution in [3.8, 4) is 11.5 Å². The molecule has 0 spiro atoms. The molecule has 0 unspecified atom stereocenters. The molecule has 1 aromatic heterocycles. The summed E-state index contributed by atoms with van der Waals surface area (Å²) in [6.45, 7) is -0.705. The first-order chi connectivity index (χ1) is 12.8. The maximum atomic E-state index is 13.0. The third-order valence-electron chi connectivity index (χ3n) is 3.31. The zero-order chi connectivity index (χ0) is 19.4. The fourth-order valence-electron chi connectivity index (χ4n) is 2.17. The van der Waals surface area contributed by atoms with Gasteiger partial charge in [-0.2, -0.15) is 0 Å². The summed E-state index contributed by atoms with van der Waals surface area (Å²) in [5.41, 5.74) is 0.186. The van der Waals surface area contributed by atoms with Gasteiger partial charge in [-0.05, 0) is 18.2 Å². The van der Waals surface area contributed by atoms with Crippen LogP contribution in [-0.2, 0) is 14.3 Å². The van der Waals surface area contributed by atoms with Crippen LogP contribution in [0.25, 0.3) is 0 Å². The molecule has 2 aromatic rings. The van der Waals surface area contributed by atoms with Gasteiger partial charge in [0.2, 0.25) is 5.95 Å². The fourth-order valence-corrected chi connectivity index (χ4v) is 2.17. The van der Waals surface area contributed by atoms with E-state index in [1.54, 1.807) is 13.1 Å². The van der Waals surface area contributed by atoms with Gasteiger partial charge in [0.25, 0.3) is 5.91 Å². The lowest BCUT2D eigenvalue weighted by Gasteiger charge is -2.15. The van der Waals surface area contributed by atoms with E-state index in [2.05, 4.69) is 24.8 Å². The number of nitrogens with zero attached hydrogens (tertiary/aromatic N) is 3. The number of anilines is 2. The number of hydrogen-bond donors (Lipinski definition) is 1. The number of likely N-dealkylation sites (N-methyl/N-ethyl adjacent to an activating group) is 1. The van der Waals surface area contributed by atoms with E-state index in [-0.39, 0.29) is 23.7 Å². The average Bonchev–Trinajstić information content (AvgIpc) is 2.94. The number of ether oxygens (including phenoxy) is 3. The summed E-state index contributed by atoms with van der Waals surface area (Å²) >= 11 is 0. The van der Waals surface area contributed by atoms with Gasteiger partial charge in [0.15, 0.2) is 18.1 Å². The fraction of sp³-hybridized carbons (Fsp3) is 0.250. The van der Waals surface area contributed by atoms with E-state index in [9.17, 15) is 18.4 Å². The highest BCUT2D eigenvalue weighted by atomic mass is 19.3. The van der Waals surface area contributed by atoms with Crippen LogP contribution in [0.15, 0.2) is 36.7 Å². The topological polar surface area (TPSA) is 103 Å². The van der Waals surface area contributed by atoms with E-state index >= 15 is 0 Å². The largest absolute Gasteiger partial charge is 0.586 e. The minimum absolute atomic E-state index is 0.143. The number of rotatable bonds is 6. The van der Waals surface area contributed by atoms with E-state index in [4.69, 9.17) is 4.74 Å². The van der Waals surface area contributed by atoms with Crippen LogP contribution < -0.4 is 19.7 Å². The molecule has 0 radical (unpaired) electrons. The number of nitrogens with one attached hydrogen (secondary N) is 1. The highest BCUT2D eigenvalue weighted by Gasteiger charge is 2.43. The zero-order valence-corrected chi connectivity index (χ0v) is 14.0. The molecule has 3 rings (SSSR count). The van der Waals surface area contributed by atoms with Gasteiger partial charge in [0.05, 0.1) is 0 Å². The molecule has 0 saturated carbocycles. The minimum atomic E-state index is -3.74. The quantitative estimate of drug-likeness (QED) is 0.751. The molecule has 0 aliphatic carbocycles. The number of esters is 1. The molecule has 0 saturated heterocycles. The van der Waals surface area contributed by atoms with Gasteiger partial charge in [-0.1, -0.05) is 0 Å². The maximum absolute atomic E-state index is 13.0. The van der Waals surface area contributed by atoms with Gasteiger partial charge >= 0.3 is 12.3 Å². The molecule has 2 heterocycles. The van der Waals surface area contributed by atoms with Crippen LogP contribution in [0, 0.1) is 0 Å². The van der Waals surface area contributed by atoms with Gasteiger partial charge < -0.3 is 24.4 Å². The molecule has 1 aromatic carbocycles. The monoisotopic (exact) mass is 380 g/mol. The molecule has 1 aliphatic rings. The molecule has 27 heavy (non-hydrogen) atoms. The lowest BCUT2D eigenvalue weighted by atomic mass is 10.3. The number of fused-ring (bicyclic) bond motifs is 1. The van der Waals surface area contributed by atoms with Gasteiger partial charge in [-0.3, -0.25) is 9.59 Å². The second-order valence-electron chi connectivity index (χ2n) is 5.44. The molecule has 0 bridgehead atoms. The van der Waals surface area contributed by atoms with E-state index in [0.29, 0.717) is 5.95 Å². The Bertz CT molecular complexity index is 850. The summed E-state index contributed by atoms with van der Waals surface area (Å²) in [7, 11) is 1.60. The van der Waals surface area contributed by atoms with Crippen molar-refractivity contribution in [3.63, 3.8) is 0 Å². The second-order valence-corrected chi connectivity index (χ2v) is 5.44. The lowest BCUT2D eigenvalue weighted by Crippen LogP contribution is -2.30. The molecule has 1 aliphatic heterocycles. The normalized spacial score (nSPS) is 13.7. The van der Waals surface area contributed by atoms with Crippen molar-refractivity contribution in [1.29, 1.82) is 0 Å². The summed E-state index contributed by atoms with van der Waals surface area (Å²) in [6.07, 6.45) is -0.688. The van der Waals surface area contributed by atoms with Crippen molar-refractivity contribution in [2.75, 3.05) is 30.4 Å². The zero-order valence-electron chi connectivity index (χ0n) is 14.0. The minimum Gasteiger partial charge on any atom is -0.454 e. The van der Waals surface area contributed by atoms with Gasteiger partial charge in [-0.15, -0.1) is 8.78 Å². The summed E-state index contributed by atoms with van der Waals surface area (Å²) in [6, 6.07) is 5.39. The third kappa shape index (κ3) is 4.77. The van der Waals surface area contributed by atoms with Crippen LogP contribution in [0.4, 0.5) is 20.4 Å². The molecular weight excluding hydrogens is 366 g/mol. The Balaban J connectivity index is 1.47. The first kappa shape index (κ1) is 18.3. The number of aromatic nitrogens is 2. The Morgan fingerprint density at radius 1 is 1.22 bits per heavy atom. The Morgan fingerprint density at radius 3 is 2.67 bits per heavy atom. The van der Waals surface area contributed by atoms with E-state index in [1.807, 2.05) is 0 Å². The maximum Gasteiger partial charge on any atom is 0.586 e. The van der Waals surface area contributed by atoms with Crippen molar-refractivity contribution < 1.29 is 32.6 Å². The van der Waals surface area contributed by atoms with Crippen molar-refractivity contribution in [2.45, 2.75) is 6.29 Å². The average molecular weight is 380 g/mol. The highest BCUT2D eigenvalue weighted by molar-refractivity contribution is 5.93. The van der Waals surface area contributed by atoms with Crippen LogP contribution in [0.1, 0.15) is 0 Å². The number of alkyl halides is 2. The molecule has 0 atom stereocenters. The molecule has 1 amide bonds. The molecule has 11 heteroatoms. The first-order valence-electron chi connectivity index (χ1n) is 7.66. The molecule has 142 valence electrons. The van der Waals surface area contributed by atoms with E-state index in [1.165, 1.54) is 35.5 Å². The lowest BCUT2D eigenvalue weighted by molar-refractivity contribution is -0.286. The predicted molar refractivity (Wildman–Crippen MR) is 87.5 cm³/mol. The summed E-state index contributed by atoms with van der Waals surface area (Å²) in [4.78, 5) is 33.0. The van der Waals surface area contributed by atoms with Crippen molar-refractivity contribution >= 4 is 23.5 Å². The number of benzene rings is 1. The van der Waals surface area contributed by atoms with Gasteiger partial charge in [-0.25, -0.2) is 9.97 Å². The van der Waals surface area contributed by atoms with Gasteiger partial charge in [0, 0.05) is 31.2 Å². The third-order valence-corrected chi connectivity index (χ3v) is 3.31. The van der Waals surface area contributed by atoms with E-state index in [0.717, 1.165) is 0 Å². The Labute approximate surface area is 151 Å². The first-order valence-corrected chi connectivity index (χ1v) is 7.66. The standard InChI is InChI=1S/C16H14F2N4O5/c1-22(15-19-5-2-6-20-15)8-14(24)25-9-13(23)21-10-3-4-11-12(7-10)27-16(17,18)26-11/h2-7H,8-9H2,1H3,(H,21,23). The van der Waals surface area contributed by atoms with Crippen LogP contribution in [0.5, 0.6) is 11.5 Å². The number of carbonyl (C=O) groups excluding carboxylic acids is 2. The van der Waals surface area contributed by atoms with Crippen LogP contribution >= 0.6 is 0 Å². The summed E-state index contributed by atoms with van der Waals surface area (Å²) < 4.78 is 39.3. The molecule has 0 fully saturated rings. The number of carbonyl (C=O) groups is 2. The Kier molecular flexibility index (Phi) is 5.01. The van der Waals surface area contributed by atoms with Crippen LogP contribution in [-0.4, -0.2) is 48.3 Å². The number of hydrogen-bond acceptors (Lipinski definition) is 8. The number of amides is 1. The van der Waals surface area contributed by atoms with Crippen LogP contribution in [0.2, 0.25) is 0 Å².